The summed E-state index contributed by atoms with van der Waals surface area (Å²) in [6.45, 7) is 1.79. The first-order valence-electron chi connectivity index (χ1n) is 7.16. The van der Waals surface area contributed by atoms with Crippen LogP contribution in [0.1, 0.15) is 24.1 Å². The fourth-order valence-electron chi connectivity index (χ4n) is 2.17. The van der Waals surface area contributed by atoms with Crippen LogP contribution in [0.25, 0.3) is 0 Å². The maximum atomic E-state index is 12.1. The Morgan fingerprint density at radius 3 is 2.26 bits per heavy atom. The summed E-state index contributed by atoms with van der Waals surface area (Å²) in [6, 6.07) is 14.9. The molecule has 23 heavy (non-hydrogen) atoms. The van der Waals surface area contributed by atoms with Crippen LogP contribution in [0.3, 0.4) is 0 Å². The molecular formula is C16H18N2O4S. The molecule has 0 bridgehead atoms. The van der Waals surface area contributed by atoms with Gasteiger partial charge in [0.2, 0.25) is 10.0 Å². The number of aryl methyl sites for hydroxylation is 1. The van der Waals surface area contributed by atoms with Crippen molar-refractivity contribution in [3.8, 4) is 0 Å². The number of hydrogen-bond acceptors (Lipinski definition) is 4. The minimum atomic E-state index is -3.44. The van der Waals surface area contributed by atoms with E-state index in [1.54, 1.807) is 19.1 Å². The highest BCUT2D eigenvalue weighted by Crippen LogP contribution is 2.15. The Balaban J connectivity index is 1.94. The van der Waals surface area contributed by atoms with Crippen LogP contribution in [0.4, 0.5) is 5.69 Å². The summed E-state index contributed by atoms with van der Waals surface area (Å²) in [5.41, 5.74) is 1.63. The predicted molar refractivity (Wildman–Crippen MR) is 88.6 cm³/mol. The monoisotopic (exact) mass is 334 g/mol. The molecular weight excluding hydrogens is 316 g/mol. The SMILES string of the molecule is C[C@@H](NS(=O)(=O)CCc1ccc([N+](=O)[O-])cc1)c1ccccc1. The molecule has 2 aromatic rings. The molecule has 0 radical (unpaired) electrons. The van der Waals surface area contributed by atoms with Crippen molar-refractivity contribution in [1.82, 2.24) is 4.72 Å². The second-order valence-corrected chi connectivity index (χ2v) is 7.12. The predicted octanol–water partition coefficient (Wildman–Crippen LogP) is 2.82. The first kappa shape index (κ1) is 17.1. The summed E-state index contributed by atoms with van der Waals surface area (Å²) < 4.78 is 26.9. The van der Waals surface area contributed by atoms with Crippen molar-refractivity contribution < 1.29 is 13.3 Å². The Morgan fingerprint density at radius 1 is 1.09 bits per heavy atom. The molecule has 2 aromatic carbocycles. The van der Waals surface area contributed by atoms with Gasteiger partial charge < -0.3 is 0 Å². The van der Waals surface area contributed by atoms with Gasteiger partial charge in [-0.3, -0.25) is 10.1 Å². The highest BCUT2D eigenvalue weighted by Gasteiger charge is 2.16. The maximum absolute atomic E-state index is 12.1. The molecule has 0 saturated carbocycles. The first-order valence-corrected chi connectivity index (χ1v) is 8.81. The van der Waals surface area contributed by atoms with Gasteiger partial charge in [-0.15, -0.1) is 0 Å². The van der Waals surface area contributed by atoms with Crippen LogP contribution in [0.15, 0.2) is 54.6 Å². The second-order valence-electron chi connectivity index (χ2n) is 5.24. The van der Waals surface area contributed by atoms with Gasteiger partial charge in [0.25, 0.3) is 5.69 Å². The van der Waals surface area contributed by atoms with E-state index in [4.69, 9.17) is 0 Å². The van der Waals surface area contributed by atoms with Crippen LogP contribution in [0, 0.1) is 10.1 Å². The van der Waals surface area contributed by atoms with Gasteiger partial charge in [-0.05, 0) is 24.5 Å². The van der Waals surface area contributed by atoms with Crippen molar-refractivity contribution in [3.05, 3.63) is 75.8 Å². The fourth-order valence-corrected chi connectivity index (χ4v) is 3.47. The molecule has 0 saturated heterocycles. The van der Waals surface area contributed by atoms with Crippen LogP contribution < -0.4 is 4.72 Å². The Labute approximate surface area is 135 Å². The van der Waals surface area contributed by atoms with Crippen LogP contribution in [0.2, 0.25) is 0 Å². The summed E-state index contributed by atoms with van der Waals surface area (Å²) in [5, 5.41) is 10.6. The van der Waals surface area contributed by atoms with Crippen LogP contribution >= 0.6 is 0 Å². The number of non-ortho nitro benzene ring substituents is 1. The molecule has 1 N–H and O–H groups in total. The average molecular weight is 334 g/mol. The lowest BCUT2D eigenvalue weighted by Crippen LogP contribution is -2.29. The van der Waals surface area contributed by atoms with Crippen LogP contribution in [-0.4, -0.2) is 19.1 Å². The Bertz CT molecular complexity index is 758. The second kappa shape index (κ2) is 7.34. The lowest BCUT2D eigenvalue weighted by atomic mass is 10.1. The minimum absolute atomic E-state index is 0.00701. The molecule has 0 unspecified atom stereocenters. The third-order valence-corrected chi connectivity index (χ3v) is 4.92. The first-order chi connectivity index (χ1) is 10.9. The van der Waals surface area contributed by atoms with Crippen molar-refractivity contribution in [1.29, 1.82) is 0 Å². The summed E-state index contributed by atoms with van der Waals surface area (Å²) >= 11 is 0. The lowest BCUT2D eigenvalue weighted by Gasteiger charge is -2.14. The van der Waals surface area contributed by atoms with Gasteiger partial charge in [0.1, 0.15) is 0 Å². The number of sulfonamides is 1. The average Bonchev–Trinajstić information content (AvgIpc) is 2.54. The third-order valence-electron chi connectivity index (χ3n) is 3.46. The zero-order chi connectivity index (χ0) is 16.9. The van der Waals surface area contributed by atoms with Crippen molar-refractivity contribution in [2.75, 3.05) is 5.75 Å². The van der Waals surface area contributed by atoms with Crippen molar-refractivity contribution >= 4 is 15.7 Å². The molecule has 1 atom stereocenters. The number of benzene rings is 2. The molecule has 0 amide bonds. The summed E-state index contributed by atoms with van der Waals surface area (Å²) in [5.74, 6) is -0.0675. The van der Waals surface area contributed by atoms with Crippen molar-refractivity contribution in [2.24, 2.45) is 0 Å². The smallest absolute Gasteiger partial charge is 0.258 e. The summed E-state index contributed by atoms with van der Waals surface area (Å²) in [7, 11) is -3.44. The van der Waals surface area contributed by atoms with Crippen LogP contribution in [-0.2, 0) is 16.4 Å². The third kappa shape index (κ3) is 5.15. The highest BCUT2D eigenvalue weighted by molar-refractivity contribution is 7.89. The normalized spacial score (nSPS) is 12.7. The Kier molecular flexibility index (Phi) is 5.46. The Morgan fingerprint density at radius 2 is 1.70 bits per heavy atom. The van der Waals surface area contributed by atoms with E-state index in [1.807, 2.05) is 30.3 Å². The fraction of sp³-hybridized carbons (Fsp3) is 0.250. The standard InChI is InChI=1S/C16H18N2O4S/c1-13(15-5-3-2-4-6-15)17-23(21,22)12-11-14-7-9-16(10-8-14)18(19)20/h2-10,13,17H,11-12H2,1H3/t13-/m1/s1. The van der Waals surface area contributed by atoms with Crippen LogP contribution in [0.5, 0.6) is 0 Å². The van der Waals surface area contributed by atoms with Gasteiger partial charge in [0.15, 0.2) is 0 Å². The Hall–Kier alpha value is -2.25. The van der Waals surface area contributed by atoms with Gasteiger partial charge in [0.05, 0.1) is 10.7 Å². The molecule has 6 nitrogen and oxygen atoms in total. The number of rotatable bonds is 7. The number of nitrogens with zero attached hydrogens (tertiary/aromatic N) is 1. The molecule has 0 aromatic heterocycles. The van der Waals surface area contributed by atoms with Gasteiger partial charge in [-0.2, -0.15) is 0 Å². The van der Waals surface area contributed by atoms with E-state index in [2.05, 4.69) is 4.72 Å². The minimum Gasteiger partial charge on any atom is -0.258 e. The largest absolute Gasteiger partial charge is 0.269 e. The molecule has 0 spiro atoms. The molecule has 0 aliphatic heterocycles. The van der Waals surface area contributed by atoms with Crippen molar-refractivity contribution in [2.45, 2.75) is 19.4 Å². The highest BCUT2D eigenvalue weighted by atomic mass is 32.2. The molecule has 0 fully saturated rings. The molecule has 2 rings (SSSR count). The summed E-state index contributed by atoms with van der Waals surface area (Å²) in [6.07, 6.45) is 0.300. The number of hydrogen-bond donors (Lipinski definition) is 1. The zero-order valence-electron chi connectivity index (χ0n) is 12.7. The molecule has 122 valence electrons. The molecule has 0 aliphatic carbocycles. The maximum Gasteiger partial charge on any atom is 0.269 e. The van der Waals surface area contributed by atoms with E-state index in [9.17, 15) is 18.5 Å². The number of nitro groups is 1. The lowest BCUT2D eigenvalue weighted by molar-refractivity contribution is -0.384. The zero-order valence-corrected chi connectivity index (χ0v) is 13.5. The van der Waals surface area contributed by atoms with Gasteiger partial charge in [-0.25, -0.2) is 13.1 Å². The van der Waals surface area contributed by atoms with E-state index in [0.717, 1.165) is 11.1 Å². The number of nitro benzene ring substituents is 1. The van der Waals surface area contributed by atoms with E-state index < -0.39 is 14.9 Å². The van der Waals surface area contributed by atoms with E-state index in [-0.39, 0.29) is 17.5 Å². The molecule has 7 heteroatoms. The van der Waals surface area contributed by atoms with E-state index in [0.29, 0.717) is 6.42 Å². The van der Waals surface area contributed by atoms with Crippen molar-refractivity contribution in [3.63, 3.8) is 0 Å². The quantitative estimate of drug-likeness (QED) is 0.623. The topological polar surface area (TPSA) is 89.3 Å². The summed E-state index contributed by atoms with van der Waals surface area (Å²) in [4.78, 5) is 10.1. The van der Waals surface area contributed by atoms with Gasteiger partial charge in [-0.1, -0.05) is 42.5 Å². The van der Waals surface area contributed by atoms with E-state index in [1.165, 1.54) is 12.1 Å². The van der Waals surface area contributed by atoms with E-state index >= 15 is 0 Å². The molecule has 0 aliphatic rings. The van der Waals surface area contributed by atoms with Gasteiger partial charge >= 0.3 is 0 Å². The number of nitrogens with one attached hydrogen (secondary N) is 1. The molecule has 0 heterocycles. The van der Waals surface area contributed by atoms with Gasteiger partial charge in [0, 0.05) is 18.2 Å².